The molecule has 0 fully saturated rings. The van der Waals surface area contributed by atoms with Crippen LogP contribution in [0.2, 0.25) is 5.02 Å². The van der Waals surface area contributed by atoms with Gasteiger partial charge in [0.1, 0.15) is 5.75 Å². The van der Waals surface area contributed by atoms with Gasteiger partial charge in [-0.3, -0.25) is 4.52 Å². The van der Waals surface area contributed by atoms with E-state index in [2.05, 4.69) is 15.5 Å². The summed E-state index contributed by atoms with van der Waals surface area (Å²) in [6.45, 7) is 2.47. The van der Waals surface area contributed by atoms with Gasteiger partial charge in [0.25, 0.3) is 0 Å². The van der Waals surface area contributed by atoms with E-state index in [0.717, 1.165) is 5.75 Å². The zero-order valence-electron chi connectivity index (χ0n) is 14.2. The molecule has 0 saturated heterocycles. The molecule has 27 heavy (non-hydrogen) atoms. The van der Waals surface area contributed by atoms with E-state index in [-0.39, 0.29) is 17.5 Å². The van der Waals surface area contributed by atoms with Crippen molar-refractivity contribution in [3.63, 3.8) is 0 Å². The predicted molar refractivity (Wildman–Crippen MR) is 95.8 cm³/mol. The summed E-state index contributed by atoms with van der Waals surface area (Å²) in [4.78, 5) is 12.2. The van der Waals surface area contributed by atoms with Crippen molar-refractivity contribution in [3.8, 4) is 34.5 Å². The molecule has 136 valence electrons. The Morgan fingerprint density at radius 2 is 1.78 bits per heavy atom. The fourth-order valence-electron chi connectivity index (χ4n) is 2.52. The minimum Gasteiger partial charge on any atom is -0.494 e. The summed E-state index contributed by atoms with van der Waals surface area (Å²) in [5.74, 6) is 1.02. The number of benzene rings is 2. The maximum absolute atomic E-state index is 12.2. The van der Waals surface area contributed by atoms with Gasteiger partial charge in [0.15, 0.2) is 0 Å². The van der Waals surface area contributed by atoms with Gasteiger partial charge >= 0.3 is 17.2 Å². The summed E-state index contributed by atoms with van der Waals surface area (Å²) in [5, 5.41) is 11.1. The van der Waals surface area contributed by atoms with Crippen LogP contribution in [0.5, 0.6) is 5.75 Å². The lowest BCUT2D eigenvalue weighted by Crippen LogP contribution is -2.36. The molecule has 0 unspecified atom stereocenters. The molecule has 9 heteroatoms. The minimum absolute atomic E-state index is 0.0313. The molecule has 0 aliphatic heterocycles. The normalized spacial score (nSPS) is 10.9. The average Bonchev–Trinajstić information content (AvgIpc) is 3.30. The van der Waals surface area contributed by atoms with Crippen molar-refractivity contribution in [2.45, 2.75) is 6.92 Å². The molecule has 2 heterocycles. The highest BCUT2D eigenvalue weighted by Crippen LogP contribution is 2.23. The Morgan fingerprint density at radius 3 is 2.48 bits per heavy atom. The van der Waals surface area contributed by atoms with Crippen LogP contribution in [0.15, 0.2) is 62.3 Å². The Bertz CT molecular complexity index is 1110. The fourth-order valence-corrected chi connectivity index (χ4v) is 2.65. The van der Waals surface area contributed by atoms with Gasteiger partial charge in [0.2, 0.25) is 11.6 Å². The Labute approximate surface area is 157 Å². The average molecular weight is 386 g/mol. The molecule has 0 bridgehead atoms. The lowest BCUT2D eigenvalue weighted by Gasteiger charge is -2.00. The molecule has 0 aliphatic rings. The number of halogens is 1. The number of aromatic amines is 1. The second kappa shape index (κ2) is 7.08. The van der Waals surface area contributed by atoms with Crippen molar-refractivity contribution in [1.29, 1.82) is 0 Å². The van der Waals surface area contributed by atoms with Gasteiger partial charge in [-0.2, -0.15) is 0 Å². The number of H-pyrrole nitrogens is 1. The Morgan fingerprint density at radius 1 is 1.07 bits per heavy atom. The second-order valence-electron chi connectivity index (χ2n) is 5.51. The van der Waals surface area contributed by atoms with Crippen molar-refractivity contribution in [2.75, 3.05) is 6.61 Å². The van der Waals surface area contributed by atoms with Gasteiger partial charge in [0.05, 0.1) is 6.61 Å². The van der Waals surface area contributed by atoms with Crippen molar-refractivity contribution in [2.24, 2.45) is 0 Å². The first-order valence-electron chi connectivity index (χ1n) is 8.12. The first-order valence-corrected chi connectivity index (χ1v) is 8.50. The Kier molecular flexibility index (Phi) is 4.47. The predicted octanol–water partition coefficient (Wildman–Crippen LogP) is 3.01. The Balaban J connectivity index is 1.72. The highest BCUT2D eigenvalue weighted by atomic mass is 35.5. The molecule has 2 aromatic heterocycles. The van der Waals surface area contributed by atoms with Crippen LogP contribution >= 0.6 is 11.6 Å². The molecule has 0 radical (unpaired) electrons. The molecule has 2 aromatic carbocycles. The Hall–Kier alpha value is -3.39. The van der Waals surface area contributed by atoms with Gasteiger partial charge in [-0.05, 0) is 53.3 Å². The summed E-state index contributed by atoms with van der Waals surface area (Å²) < 4.78 is 17.4. The topological polar surface area (TPSA) is 98.0 Å². The second-order valence-corrected chi connectivity index (χ2v) is 5.95. The SMILES string of the molecule is CCOc1ccc(-[n+]2[nH]oc(=O)c2-c2nnc(-c3ccc(Cl)cc3)o2)cc1. The van der Waals surface area contributed by atoms with Crippen molar-refractivity contribution in [3.05, 3.63) is 64.0 Å². The van der Waals surface area contributed by atoms with Crippen LogP contribution in [0.3, 0.4) is 0 Å². The zero-order chi connectivity index (χ0) is 18.8. The summed E-state index contributed by atoms with van der Waals surface area (Å²) in [6.07, 6.45) is 0. The van der Waals surface area contributed by atoms with Gasteiger partial charge in [-0.1, -0.05) is 11.6 Å². The molecular weight excluding hydrogens is 372 g/mol. The summed E-state index contributed by atoms with van der Waals surface area (Å²) in [5.41, 5.74) is 0.790. The highest BCUT2D eigenvalue weighted by Gasteiger charge is 2.31. The molecule has 0 saturated carbocycles. The van der Waals surface area contributed by atoms with Crippen LogP contribution < -0.4 is 15.0 Å². The number of nitrogens with one attached hydrogen (secondary N) is 1. The summed E-state index contributed by atoms with van der Waals surface area (Å²) in [7, 11) is 0. The minimum atomic E-state index is -0.629. The molecule has 0 atom stereocenters. The summed E-state index contributed by atoms with van der Waals surface area (Å²) in [6, 6.07) is 14.0. The number of ether oxygens (including phenoxy) is 1. The molecule has 8 nitrogen and oxygen atoms in total. The quantitative estimate of drug-likeness (QED) is 0.530. The molecule has 0 amide bonds. The van der Waals surface area contributed by atoms with E-state index in [1.54, 1.807) is 48.5 Å². The van der Waals surface area contributed by atoms with E-state index in [4.69, 9.17) is 25.3 Å². The van der Waals surface area contributed by atoms with E-state index in [1.165, 1.54) is 4.68 Å². The third kappa shape index (κ3) is 3.34. The number of rotatable bonds is 5. The lowest BCUT2D eigenvalue weighted by molar-refractivity contribution is -0.660. The van der Waals surface area contributed by atoms with Gasteiger partial charge in [-0.15, -0.1) is 10.2 Å². The van der Waals surface area contributed by atoms with Crippen LogP contribution in [0.4, 0.5) is 0 Å². The van der Waals surface area contributed by atoms with Crippen molar-refractivity contribution in [1.82, 2.24) is 15.5 Å². The third-order valence-corrected chi connectivity index (χ3v) is 4.02. The lowest BCUT2D eigenvalue weighted by atomic mass is 10.2. The summed E-state index contributed by atoms with van der Waals surface area (Å²) >= 11 is 5.89. The first-order chi connectivity index (χ1) is 13.2. The van der Waals surface area contributed by atoms with E-state index >= 15 is 0 Å². The number of nitrogens with zero attached hydrogens (tertiary/aromatic N) is 3. The van der Waals surface area contributed by atoms with Crippen LogP contribution in [-0.4, -0.2) is 22.1 Å². The molecule has 1 N–H and O–H groups in total. The fraction of sp³-hybridized carbons (Fsp3) is 0.111. The molecule has 0 aliphatic carbocycles. The van der Waals surface area contributed by atoms with Crippen LogP contribution in [0.25, 0.3) is 28.7 Å². The number of hydrogen-bond acceptors (Lipinski definition) is 6. The molecule has 4 rings (SSSR count). The molecular formula is C18H14ClN4O4+. The highest BCUT2D eigenvalue weighted by molar-refractivity contribution is 6.30. The number of hydrogen-bond donors (Lipinski definition) is 1. The monoisotopic (exact) mass is 385 g/mol. The van der Waals surface area contributed by atoms with Gasteiger partial charge in [0, 0.05) is 22.7 Å². The van der Waals surface area contributed by atoms with E-state index in [0.29, 0.717) is 22.9 Å². The van der Waals surface area contributed by atoms with Crippen LogP contribution in [-0.2, 0) is 0 Å². The maximum atomic E-state index is 12.2. The maximum Gasteiger partial charge on any atom is 0.441 e. The molecule has 0 spiro atoms. The van der Waals surface area contributed by atoms with Crippen molar-refractivity contribution < 1.29 is 18.4 Å². The first kappa shape index (κ1) is 17.0. The van der Waals surface area contributed by atoms with Gasteiger partial charge < -0.3 is 9.15 Å². The van der Waals surface area contributed by atoms with Crippen LogP contribution in [0, 0.1) is 0 Å². The van der Waals surface area contributed by atoms with Gasteiger partial charge in [-0.25, -0.2) is 4.79 Å². The third-order valence-electron chi connectivity index (χ3n) is 3.77. The molecule has 4 aromatic rings. The smallest absolute Gasteiger partial charge is 0.441 e. The zero-order valence-corrected chi connectivity index (χ0v) is 14.9. The van der Waals surface area contributed by atoms with E-state index in [9.17, 15) is 4.79 Å². The van der Waals surface area contributed by atoms with Crippen LogP contribution in [0.1, 0.15) is 6.92 Å². The number of aromatic nitrogens is 4. The van der Waals surface area contributed by atoms with Crippen molar-refractivity contribution >= 4 is 11.6 Å². The largest absolute Gasteiger partial charge is 0.494 e. The standard InChI is InChI=1S/C18H13ClN4O4/c1-2-25-14-9-7-13(8-10-14)23-15(18(24)27-22-23)17-21-20-16(26-17)11-3-5-12(19)6-4-11/h3-10H,2H2,1H3/p+1. The van der Waals surface area contributed by atoms with E-state index < -0.39 is 5.63 Å². The van der Waals surface area contributed by atoms with E-state index in [1.807, 2.05) is 6.92 Å².